The second-order valence-electron chi connectivity index (χ2n) is 13.6. The quantitative estimate of drug-likeness (QED) is 0.165. The van der Waals surface area contributed by atoms with Crippen molar-refractivity contribution in [2.45, 2.75) is 0 Å². The predicted octanol–water partition coefficient (Wildman–Crippen LogP) is 15.1. The maximum Gasteiger partial charge on any atom is 0.136 e. The zero-order valence-electron chi connectivity index (χ0n) is 27.2. The van der Waals surface area contributed by atoms with E-state index in [0.717, 1.165) is 21.9 Å². The molecule has 0 amide bonds. The SMILES string of the molecule is c1ccc2c(c1)sc1cc(-c3c4ccccc4c(-c4ccc5oc6cc7ccc8sc9ccccc9c8c7cc6c5c4)c4ccccc34)ccc12. The van der Waals surface area contributed by atoms with E-state index in [4.69, 9.17) is 4.42 Å². The summed E-state index contributed by atoms with van der Waals surface area (Å²) in [5.41, 5.74) is 6.84. The van der Waals surface area contributed by atoms with Crippen LogP contribution in [-0.2, 0) is 0 Å². The maximum atomic E-state index is 6.54. The molecule has 0 aliphatic carbocycles. The third-order valence-corrected chi connectivity index (χ3v) is 13.1. The Morgan fingerprint density at radius 3 is 1.59 bits per heavy atom. The van der Waals surface area contributed by atoms with Gasteiger partial charge >= 0.3 is 0 Å². The molecule has 51 heavy (non-hydrogen) atoms. The van der Waals surface area contributed by atoms with Gasteiger partial charge in [-0.1, -0.05) is 109 Å². The van der Waals surface area contributed by atoms with Crippen molar-refractivity contribution in [3.63, 3.8) is 0 Å². The molecule has 1 nitrogen and oxygen atoms in total. The van der Waals surface area contributed by atoms with Crippen LogP contribution in [0.4, 0.5) is 0 Å². The lowest BCUT2D eigenvalue weighted by Gasteiger charge is -2.18. The van der Waals surface area contributed by atoms with Gasteiger partial charge in [-0.25, -0.2) is 0 Å². The molecular weight excluding hydrogens is 657 g/mol. The fraction of sp³-hybridized carbons (Fsp3) is 0. The Morgan fingerprint density at radius 1 is 0.314 bits per heavy atom. The minimum Gasteiger partial charge on any atom is -0.456 e. The highest BCUT2D eigenvalue weighted by Gasteiger charge is 2.19. The molecule has 12 aromatic rings. The molecule has 3 heteroatoms. The molecule has 3 aromatic heterocycles. The Hall–Kier alpha value is -6.00. The fourth-order valence-electron chi connectivity index (χ4n) is 8.61. The molecular formula is C48H26OS2. The van der Waals surface area contributed by atoms with Gasteiger partial charge in [0.05, 0.1) is 0 Å². The summed E-state index contributed by atoms with van der Waals surface area (Å²) >= 11 is 3.74. The molecule has 0 spiro atoms. The van der Waals surface area contributed by atoms with Gasteiger partial charge < -0.3 is 4.42 Å². The molecule has 0 radical (unpaired) electrons. The largest absolute Gasteiger partial charge is 0.456 e. The van der Waals surface area contributed by atoms with Crippen LogP contribution in [0, 0.1) is 0 Å². The second-order valence-corrected chi connectivity index (χ2v) is 15.7. The van der Waals surface area contributed by atoms with Gasteiger partial charge in [0.1, 0.15) is 11.2 Å². The molecule has 12 rings (SSSR count). The van der Waals surface area contributed by atoms with Crippen LogP contribution in [0.2, 0.25) is 0 Å². The molecule has 0 atom stereocenters. The maximum absolute atomic E-state index is 6.54. The predicted molar refractivity (Wildman–Crippen MR) is 223 cm³/mol. The van der Waals surface area contributed by atoms with E-state index in [-0.39, 0.29) is 0 Å². The average Bonchev–Trinajstić information content (AvgIpc) is 3.86. The smallest absolute Gasteiger partial charge is 0.136 e. The van der Waals surface area contributed by atoms with E-state index in [1.165, 1.54) is 94.9 Å². The molecule has 0 aliphatic rings. The van der Waals surface area contributed by atoms with Gasteiger partial charge in [0.2, 0.25) is 0 Å². The molecule has 0 aliphatic heterocycles. The lowest BCUT2D eigenvalue weighted by Crippen LogP contribution is -1.90. The van der Waals surface area contributed by atoms with E-state index in [9.17, 15) is 0 Å². The molecule has 236 valence electrons. The first kappa shape index (κ1) is 27.8. The summed E-state index contributed by atoms with van der Waals surface area (Å²) in [6.07, 6.45) is 0. The molecule has 0 bridgehead atoms. The zero-order chi connectivity index (χ0) is 33.2. The van der Waals surface area contributed by atoms with Crippen molar-refractivity contribution in [2.24, 2.45) is 0 Å². The number of hydrogen-bond donors (Lipinski definition) is 0. The Kier molecular flexibility index (Phi) is 5.59. The van der Waals surface area contributed by atoms with Gasteiger partial charge in [-0.15, -0.1) is 22.7 Å². The monoisotopic (exact) mass is 682 g/mol. The summed E-state index contributed by atoms with van der Waals surface area (Å²) in [6, 6.07) is 58.3. The first-order chi connectivity index (χ1) is 25.3. The highest BCUT2D eigenvalue weighted by Crippen LogP contribution is 2.47. The second kappa shape index (κ2) is 10.3. The van der Waals surface area contributed by atoms with E-state index in [2.05, 4.69) is 158 Å². The van der Waals surface area contributed by atoms with Crippen molar-refractivity contribution in [1.29, 1.82) is 0 Å². The van der Waals surface area contributed by atoms with Crippen LogP contribution in [0.1, 0.15) is 0 Å². The van der Waals surface area contributed by atoms with Gasteiger partial charge in [-0.05, 0) is 103 Å². The molecule has 0 saturated carbocycles. The van der Waals surface area contributed by atoms with Crippen molar-refractivity contribution < 1.29 is 4.42 Å². The van der Waals surface area contributed by atoms with E-state index in [1.807, 2.05) is 22.7 Å². The summed E-state index contributed by atoms with van der Waals surface area (Å²) in [7, 11) is 0. The topological polar surface area (TPSA) is 13.1 Å². The summed E-state index contributed by atoms with van der Waals surface area (Å²) in [5.74, 6) is 0. The van der Waals surface area contributed by atoms with Crippen LogP contribution in [0.3, 0.4) is 0 Å². The zero-order valence-corrected chi connectivity index (χ0v) is 28.9. The summed E-state index contributed by atoms with van der Waals surface area (Å²) < 4.78 is 11.8. The van der Waals surface area contributed by atoms with E-state index in [1.54, 1.807) is 0 Å². The Bertz CT molecular complexity index is 3370. The van der Waals surface area contributed by atoms with Crippen LogP contribution in [0.5, 0.6) is 0 Å². The number of rotatable bonds is 2. The first-order valence-electron chi connectivity index (χ1n) is 17.3. The molecule has 0 saturated heterocycles. The molecule has 0 fully saturated rings. The number of hydrogen-bond acceptors (Lipinski definition) is 3. The molecule has 0 N–H and O–H groups in total. The lowest BCUT2D eigenvalue weighted by atomic mass is 9.85. The van der Waals surface area contributed by atoms with Gasteiger partial charge in [0.25, 0.3) is 0 Å². The molecule has 3 heterocycles. The number of thiophene rings is 2. The number of furan rings is 1. The Labute approximate surface area is 300 Å². The van der Waals surface area contributed by atoms with E-state index in [0.29, 0.717) is 0 Å². The summed E-state index contributed by atoms with van der Waals surface area (Å²) in [5, 5.41) is 15.1. The van der Waals surface area contributed by atoms with Crippen LogP contribution < -0.4 is 0 Å². The third kappa shape index (κ3) is 3.90. The number of benzene rings is 9. The lowest BCUT2D eigenvalue weighted by molar-refractivity contribution is 0.669. The van der Waals surface area contributed by atoms with Gasteiger partial charge in [-0.3, -0.25) is 0 Å². The highest BCUT2D eigenvalue weighted by molar-refractivity contribution is 7.26. The van der Waals surface area contributed by atoms with Crippen LogP contribution in [0.25, 0.3) is 117 Å². The first-order valence-corrected chi connectivity index (χ1v) is 19.0. The van der Waals surface area contributed by atoms with Crippen molar-refractivity contribution >= 4 is 117 Å². The normalized spacial score (nSPS) is 12.3. The average molecular weight is 683 g/mol. The van der Waals surface area contributed by atoms with Gasteiger partial charge in [0, 0.05) is 51.1 Å². The Balaban J connectivity index is 1.12. The van der Waals surface area contributed by atoms with E-state index >= 15 is 0 Å². The van der Waals surface area contributed by atoms with Crippen molar-refractivity contribution in [3.8, 4) is 22.3 Å². The minimum absolute atomic E-state index is 0.914. The van der Waals surface area contributed by atoms with Crippen LogP contribution in [0.15, 0.2) is 162 Å². The van der Waals surface area contributed by atoms with Gasteiger partial charge in [-0.2, -0.15) is 0 Å². The standard InChI is InChI=1S/C48H26OS2/c1-3-12-34-32(10-1)46(33-11-2-4-13-35(33)47(34)29-17-20-31-30-9-5-7-15-42(30)51-45(31)25-29)28-18-21-40-38(23-28)39-26-37-27(24-41(39)49-40)19-22-44-48(37)36-14-6-8-16-43(36)50-44/h1-26H. The van der Waals surface area contributed by atoms with Crippen molar-refractivity contribution in [3.05, 3.63) is 158 Å². The Morgan fingerprint density at radius 2 is 0.863 bits per heavy atom. The number of fused-ring (bicyclic) bond motifs is 13. The van der Waals surface area contributed by atoms with Crippen LogP contribution >= 0.6 is 22.7 Å². The summed E-state index contributed by atoms with van der Waals surface area (Å²) in [6.45, 7) is 0. The van der Waals surface area contributed by atoms with E-state index < -0.39 is 0 Å². The third-order valence-electron chi connectivity index (χ3n) is 10.8. The van der Waals surface area contributed by atoms with Crippen molar-refractivity contribution in [1.82, 2.24) is 0 Å². The van der Waals surface area contributed by atoms with Crippen molar-refractivity contribution in [2.75, 3.05) is 0 Å². The van der Waals surface area contributed by atoms with Gasteiger partial charge in [0.15, 0.2) is 0 Å². The molecule has 0 unspecified atom stereocenters. The highest BCUT2D eigenvalue weighted by atomic mass is 32.1. The summed E-state index contributed by atoms with van der Waals surface area (Å²) in [4.78, 5) is 0. The molecule has 9 aromatic carbocycles. The fourth-order valence-corrected chi connectivity index (χ4v) is 10.9. The minimum atomic E-state index is 0.914. The van der Waals surface area contributed by atoms with Crippen LogP contribution in [-0.4, -0.2) is 0 Å².